The van der Waals surface area contributed by atoms with Crippen LogP contribution in [0.15, 0.2) is 34.9 Å². The molecule has 2 aromatic rings. The van der Waals surface area contributed by atoms with Gasteiger partial charge in [0.25, 0.3) is 11.8 Å². The molecule has 0 bridgehead atoms. The summed E-state index contributed by atoms with van der Waals surface area (Å²) in [6, 6.07) is 6.65. The summed E-state index contributed by atoms with van der Waals surface area (Å²) in [7, 11) is 0. The molecule has 2 N–H and O–H groups in total. The van der Waals surface area contributed by atoms with Crippen molar-refractivity contribution in [2.75, 3.05) is 13.2 Å². The zero-order valence-corrected chi connectivity index (χ0v) is 14.9. The Balaban J connectivity index is 1.48. The number of nitrogens with zero attached hydrogens (tertiary/aromatic N) is 2. The molecule has 8 heteroatoms. The van der Waals surface area contributed by atoms with E-state index < -0.39 is 11.6 Å². The molecule has 2 aliphatic rings. The highest BCUT2D eigenvalue weighted by Crippen LogP contribution is 2.27. The van der Waals surface area contributed by atoms with Gasteiger partial charge in [-0.2, -0.15) is 4.98 Å². The Hall–Kier alpha value is -3.00. The SMILES string of the molecule is CC1(c2ccc(-c3noc(/C=C/C4CCOCC4)n3)cc2)NC(=O)NC1=O. The average molecular weight is 368 g/mol. The quantitative estimate of drug-likeness (QED) is 0.802. The highest BCUT2D eigenvalue weighted by atomic mass is 16.5. The average Bonchev–Trinajstić information content (AvgIpc) is 3.26. The first kappa shape index (κ1) is 17.4. The van der Waals surface area contributed by atoms with E-state index in [-0.39, 0.29) is 5.91 Å². The molecule has 1 unspecified atom stereocenters. The molecule has 0 aliphatic carbocycles. The maximum atomic E-state index is 12.0. The van der Waals surface area contributed by atoms with E-state index >= 15 is 0 Å². The normalized spacial score (nSPS) is 23.6. The van der Waals surface area contributed by atoms with E-state index in [9.17, 15) is 9.59 Å². The van der Waals surface area contributed by atoms with Crippen molar-refractivity contribution in [1.29, 1.82) is 0 Å². The molecular formula is C19H20N4O4. The number of nitrogens with one attached hydrogen (secondary N) is 2. The minimum Gasteiger partial charge on any atom is -0.381 e. The number of carbonyl (C=O) groups excluding carboxylic acids is 2. The Labute approximate surface area is 156 Å². The largest absolute Gasteiger partial charge is 0.381 e. The van der Waals surface area contributed by atoms with Crippen molar-refractivity contribution >= 4 is 18.0 Å². The third-order valence-corrected chi connectivity index (χ3v) is 4.98. The summed E-state index contributed by atoms with van der Waals surface area (Å²) in [5.41, 5.74) is 0.365. The first-order valence-corrected chi connectivity index (χ1v) is 8.89. The summed E-state index contributed by atoms with van der Waals surface area (Å²) in [6.45, 7) is 3.23. The molecule has 0 spiro atoms. The van der Waals surface area contributed by atoms with Gasteiger partial charge in [0.2, 0.25) is 5.82 Å². The van der Waals surface area contributed by atoms with E-state index in [0.717, 1.165) is 31.6 Å². The molecule has 2 aliphatic heterocycles. The molecule has 2 saturated heterocycles. The van der Waals surface area contributed by atoms with Gasteiger partial charge in [0, 0.05) is 18.8 Å². The first-order chi connectivity index (χ1) is 13.0. The number of ether oxygens (including phenoxy) is 1. The number of allylic oxidation sites excluding steroid dienone is 1. The van der Waals surface area contributed by atoms with Crippen LogP contribution in [0.5, 0.6) is 0 Å². The minimum absolute atomic E-state index is 0.375. The zero-order chi connectivity index (χ0) is 18.9. The lowest BCUT2D eigenvalue weighted by molar-refractivity contribution is -0.123. The Morgan fingerprint density at radius 3 is 2.59 bits per heavy atom. The number of hydrogen-bond donors (Lipinski definition) is 2. The van der Waals surface area contributed by atoms with Gasteiger partial charge in [0.15, 0.2) is 0 Å². The van der Waals surface area contributed by atoms with Crippen molar-refractivity contribution in [1.82, 2.24) is 20.8 Å². The molecule has 4 rings (SSSR count). The van der Waals surface area contributed by atoms with Gasteiger partial charge in [-0.15, -0.1) is 0 Å². The molecular weight excluding hydrogens is 348 g/mol. The Kier molecular flexibility index (Phi) is 4.49. The molecule has 8 nitrogen and oxygen atoms in total. The molecule has 27 heavy (non-hydrogen) atoms. The number of aromatic nitrogens is 2. The van der Waals surface area contributed by atoms with Crippen LogP contribution < -0.4 is 10.6 Å². The van der Waals surface area contributed by atoms with Gasteiger partial charge in [-0.3, -0.25) is 10.1 Å². The Bertz CT molecular complexity index is 883. The smallest absolute Gasteiger partial charge is 0.322 e. The molecule has 140 valence electrons. The van der Waals surface area contributed by atoms with Crippen LogP contribution in [0.2, 0.25) is 0 Å². The maximum Gasteiger partial charge on any atom is 0.322 e. The first-order valence-electron chi connectivity index (χ1n) is 8.89. The second kappa shape index (κ2) is 6.96. The second-order valence-corrected chi connectivity index (χ2v) is 6.88. The lowest BCUT2D eigenvalue weighted by atomic mass is 9.91. The summed E-state index contributed by atoms with van der Waals surface area (Å²) in [4.78, 5) is 27.8. The van der Waals surface area contributed by atoms with Crippen LogP contribution in [0, 0.1) is 5.92 Å². The number of imide groups is 1. The number of amides is 3. The van der Waals surface area contributed by atoms with Gasteiger partial charge in [0.1, 0.15) is 5.54 Å². The van der Waals surface area contributed by atoms with Crippen molar-refractivity contribution < 1.29 is 18.8 Å². The number of urea groups is 1. The van der Waals surface area contributed by atoms with Gasteiger partial charge in [0.05, 0.1) is 0 Å². The van der Waals surface area contributed by atoms with Gasteiger partial charge < -0.3 is 14.6 Å². The predicted molar refractivity (Wildman–Crippen MR) is 96.3 cm³/mol. The lowest BCUT2D eigenvalue weighted by Crippen LogP contribution is -2.40. The molecule has 1 aromatic carbocycles. The molecule has 1 aromatic heterocycles. The summed E-state index contributed by atoms with van der Waals surface area (Å²) < 4.78 is 10.6. The fourth-order valence-electron chi connectivity index (χ4n) is 3.25. The van der Waals surface area contributed by atoms with E-state index in [1.54, 1.807) is 31.2 Å². The van der Waals surface area contributed by atoms with E-state index in [4.69, 9.17) is 9.26 Å². The highest BCUT2D eigenvalue weighted by Gasteiger charge is 2.43. The number of benzene rings is 1. The summed E-state index contributed by atoms with van der Waals surface area (Å²) in [6.07, 6.45) is 5.94. The molecule has 3 amide bonds. The van der Waals surface area contributed by atoms with Gasteiger partial charge >= 0.3 is 6.03 Å². The molecule has 1 atom stereocenters. The minimum atomic E-state index is -1.08. The monoisotopic (exact) mass is 368 g/mol. The molecule has 3 heterocycles. The Morgan fingerprint density at radius 2 is 1.93 bits per heavy atom. The Morgan fingerprint density at radius 1 is 1.19 bits per heavy atom. The molecule has 2 fully saturated rings. The molecule has 0 radical (unpaired) electrons. The van der Waals surface area contributed by atoms with Crippen LogP contribution in [-0.4, -0.2) is 35.3 Å². The van der Waals surface area contributed by atoms with Gasteiger partial charge in [-0.05, 0) is 37.3 Å². The molecule has 0 saturated carbocycles. The van der Waals surface area contributed by atoms with E-state index in [0.29, 0.717) is 23.2 Å². The van der Waals surface area contributed by atoms with Crippen molar-refractivity contribution in [3.8, 4) is 11.4 Å². The number of rotatable bonds is 4. The second-order valence-electron chi connectivity index (χ2n) is 6.88. The van der Waals surface area contributed by atoms with Crippen molar-refractivity contribution in [2.45, 2.75) is 25.3 Å². The third-order valence-electron chi connectivity index (χ3n) is 4.98. The standard InChI is InChI=1S/C19H20N4O4/c1-19(17(24)21-18(25)22-19)14-5-3-13(4-6-14)16-20-15(27-23-16)7-2-12-8-10-26-11-9-12/h2-7,12H,8-11H2,1H3,(H2,21,22,24,25)/b7-2+. The van der Waals surface area contributed by atoms with Crippen LogP contribution in [0.3, 0.4) is 0 Å². The summed E-state index contributed by atoms with van der Waals surface area (Å²) in [5, 5.41) is 8.90. The van der Waals surface area contributed by atoms with Crippen LogP contribution >= 0.6 is 0 Å². The van der Waals surface area contributed by atoms with Crippen molar-refractivity contribution in [3.05, 3.63) is 41.8 Å². The number of carbonyl (C=O) groups is 2. The van der Waals surface area contributed by atoms with Gasteiger partial charge in [-0.1, -0.05) is 35.5 Å². The van der Waals surface area contributed by atoms with Crippen LogP contribution in [-0.2, 0) is 15.1 Å². The summed E-state index contributed by atoms with van der Waals surface area (Å²) in [5.74, 6) is 1.02. The highest BCUT2D eigenvalue weighted by molar-refractivity contribution is 6.07. The summed E-state index contributed by atoms with van der Waals surface area (Å²) >= 11 is 0. The fourth-order valence-corrected chi connectivity index (χ4v) is 3.25. The van der Waals surface area contributed by atoms with E-state index in [1.165, 1.54) is 0 Å². The number of hydrogen-bond acceptors (Lipinski definition) is 6. The van der Waals surface area contributed by atoms with Crippen LogP contribution in [0.1, 0.15) is 31.2 Å². The van der Waals surface area contributed by atoms with Crippen molar-refractivity contribution in [3.63, 3.8) is 0 Å². The van der Waals surface area contributed by atoms with Crippen LogP contribution in [0.4, 0.5) is 4.79 Å². The maximum absolute atomic E-state index is 12.0. The van der Waals surface area contributed by atoms with E-state index in [2.05, 4.69) is 26.9 Å². The van der Waals surface area contributed by atoms with Gasteiger partial charge in [-0.25, -0.2) is 4.79 Å². The predicted octanol–water partition coefficient (Wildman–Crippen LogP) is 2.23. The third kappa shape index (κ3) is 3.48. The lowest BCUT2D eigenvalue weighted by Gasteiger charge is -2.20. The fraction of sp³-hybridized carbons (Fsp3) is 0.368. The van der Waals surface area contributed by atoms with E-state index in [1.807, 2.05) is 6.08 Å². The zero-order valence-electron chi connectivity index (χ0n) is 14.9. The topological polar surface area (TPSA) is 106 Å². The van der Waals surface area contributed by atoms with Crippen LogP contribution in [0.25, 0.3) is 17.5 Å². The van der Waals surface area contributed by atoms with Crippen molar-refractivity contribution in [2.24, 2.45) is 5.92 Å².